The van der Waals surface area contributed by atoms with Crippen LogP contribution in [0.1, 0.15) is 0 Å². The molecule has 4 aromatic rings. The van der Waals surface area contributed by atoms with Gasteiger partial charge in [0.05, 0.1) is 12.5 Å². The average Bonchev–Trinajstić information content (AvgIpc) is 3.17. The van der Waals surface area contributed by atoms with E-state index in [0.29, 0.717) is 28.6 Å². The molecule has 4 rings (SSSR count). The van der Waals surface area contributed by atoms with Crippen molar-refractivity contribution in [2.75, 3.05) is 5.73 Å². The molecule has 0 spiro atoms. The zero-order valence-electron chi connectivity index (χ0n) is 10.7. The lowest BCUT2D eigenvalue weighted by Crippen LogP contribution is -2.05. The number of rotatable bonds is 2. The van der Waals surface area contributed by atoms with Gasteiger partial charge in [0.2, 0.25) is 5.95 Å². The van der Waals surface area contributed by atoms with Crippen molar-refractivity contribution in [3.63, 3.8) is 0 Å². The molecule has 0 aliphatic rings. The molecular formula is C13H9N7O. The third-order valence-corrected chi connectivity index (χ3v) is 2.91. The Kier molecular flexibility index (Phi) is 2.40. The first-order chi connectivity index (χ1) is 10.3. The van der Waals surface area contributed by atoms with Crippen molar-refractivity contribution in [3.8, 4) is 23.0 Å². The van der Waals surface area contributed by atoms with E-state index in [2.05, 4.69) is 25.0 Å². The van der Waals surface area contributed by atoms with E-state index < -0.39 is 0 Å². The lowest BCUT2D eigenvalue weighted by molar-refractivity contribution is 0.579. The van der Waals surface area contributed by atoms with Crippen LogP contribution in [-0.4, -0.2) is 29.5 Å². The third-order valence-electron chi connectivity index (χ3n) is 2.91. The predicted molar refractivity (Wildman–Crippen MR) is 73.9 cm³/mol. The van der Waals surface area contributed by atoms with Crippen LogP contribution in [0.2, 0.25) is 0 Å². The minimum atomic E-state index is 0.221. The summed E-state index contributed by atoms with van der Waals surface area (Å²) in [5, 5.41) is 4.33. The predicted octanol–water partition coefficient (Wildman–Crippen LogP) is 1.42. The van der Waals surface area contributed by atoms with Crippen LogP contribution in [0.3, 0.4) is 0 Å². The number of furan rings is 1. The topological polar surface area (TPSA) is 108 Å². The van der Waals surface area contributed by atoms with Crippen molar-refractivity contribution in [2.24, 2.45) is 0 Å². The Bertz CT molecular complexity index is 899. The van der Waals surface area contributed by atoms with Gasteiger partial charge in [0.1, 0.15) is 11.4 Å². The minimum absolute atomic E-state index is 0.221. The number of nitrogen functional groups attached to an aromatic ring is 1. The Morgan fingerprint density at radius 2 is 2.10 bits per heavy atom. The molecule has 102 valence electrons. The summed E-state index contributed by atoms with van der Waals surface area (Å²) >= 11 is 0. The zero-order chi connectivity index (χ0) is 14.2. The van der Waals surface area contributed by atoms with Crippen LogP contribution >= 0.6 is 0 Å². The highest BCUT2D eigenvalue weighted by Gasteiger charge is 2.13. The van der Waals surface area contributed by atoms with Gasteiger partial charge in [-0.15, -0.1) is 0 Å². The fourth-order valence-electron chi connectivity index (χ4n) is 1.98. The molecule has 0 bridgehead atoms. The fraction of sp³-hybridized carbons (Fsp3) is 0. The van der Waals surface area contributed by atoms with Crippen molar-refractivity contribution in [3.05, 3.63) is 43.1 Å². The summed E-state index contributed by atoms with van der Waals surface area (Å²) in [5.41, 5.74) is 7.68. The molecule has 0 saturated carbocycles. The summed E-state index contributed by atoms with van der Waals surface area (Å²) in [6.45, 7) is 0. The van der Waals surface area contributed by atoms with E-state index in [9.17, 15) is 0 Å². The van der Waals surface area contributed by atoms with E-state index in [1.807, 2.05) is 6.07 Å². The molecule has 0 aliphatic carbocycles. The van der Waals surface area contributed by atoms with Crippen LogP contribution in [0, 0.1) is 0 Å². The first-order valence-electron chi connectivity index (χ1n) is 6.15. The highest BCUT2D eigenvalue weighted by atomic mass is 16.3. The Morgan fingerprint density at radius 3 is 2.86 bits per heavy atom. The van der Waals surface area contributed by atoms with E-state index in [-0.39, 0.29) is 5.95 Å². The van der Waals surface area contributed by atoms with Crippen LogP contribution in [0.15, 0.2) is 47.5 Å². The van der Waals surface area contributed by atoms with Gasteiger partial charge in [0.15, 0.2) is 17.2 Å². The lowest BCUT2D eigenvalue weighted by Gasteiger charge is -2.01. The van der Waals surface area contributed by atoms with Gasteiger partial charge < -0.3 is 10.2 Å². The highest BCUT2D eigenvalue weighted by molar-refractivity contribution is 5.62. The molecule has 0 atom stereocenters. The minimum Gasteiger partial charge on any atom is -0.463 e. The van der Waals surface area contributed by atoms with Gasteiger partial charge in [-0.05, 0) is 12.1 Å². The standard InChI is InChI=1S/C13H9N7O/c14-13-18-12(9-7-15-3-4-16-9)17-11-6-8(19-20(11)13)10-2-1-5-21-10/h1-7H,(H2,14,17,18). The maximum Gasteiger partial charge on any atom is 0.225 e. The Hall–Kier alpha value is -3.29. The van der Waals surface area contributed by atoms with E-state index in [4.69, 9.17) is 10.2 Å². The van der Waals surface area contributed by atoms with Crippen molar-refractivity contribution in [1.29, 1.82) is 0 Å². The maximum atomic E-state index is 5.93. The van der Waals surface area contributed by atoms with E-state index in [1.165, 1.54) is 4.52 Å². The average molecular weight is 279 g/mol. The molecule has 2 N–H and O–H groups in total. The molecule has 4 aromatic heterocycles. The lowest BCUT2D eigenvalue weighted by atomic mass is 10.3. The highest BCUT2D eigenvalue weighted by Crippen LogP contribution is 2.21. The SMILES string of the molecule is Nc1nc(-c2cnccn2)nc2cc(-c3ccco3)nn12. The number of anilines is 1. The van der Waals surface area contributed by atoms with Gasteiger partial charge in [-0.3, -0.25) is 4.98 Å². The summed E-state index contributed by atoms with van der Waals surface area (Å²) in [6.07, 6.45) is 6.32. The molecular weight excluding hydrogens is 270 g/mol. The number of aromatic nitrogens is 6. The number of hydrogen-bond donors (Lipinski definition) is 1. The van der Waals surface area contributed by atoms with Crippen molar-refractivity contribution in [1.82, 2.24) is 29.5 Å². The van der Waals surface area contributed by atoms with Gasteiger partial charge in [-0.25, -0.2) is 9.97 Å². The zero-order valence-corrected chi connectivity index (χ0v) is 10.7. The van der Waals surface area contributed by atoms with Gasteiger partial charge in [-0.2, -0.15) is 14.6 Å². The Morgan fingerprint density at radius 1 is 1.14 bits per heavy atom. The molecule has 0 saturated heterocycles. The summed E-state index contributed by atoms with van der Waals surface area (Å²) < 4.78 is 6.77. The number of fused-ring (bicyclic) bond motifs is 1. The van der Waals surface area contributed by atoms with Crippen LogP contribution in [0.5, 0.6) is 0 Å². The molecule has 0 aromatic carbocycles. The Labute approximate surface area is 118 Å². The monoisotopic (exact) mass is 279 g/mol. The summed E-state index contributed by atoms with van der Waals surface area (Å²) in [5.74, 6) is 1.26. The normalized spacial score (nSPS) is 11.0. The molecule has 8 heteroatoms. The molecule has 0 aliphatic heterocycles. The van der Waals surface area contributed by atoms with Crippen molar-refractivity contribution >= 4 is 11.6 Å². The van der Waals surface area contributed by atoms with Crippen LogP contribution in [0.4, 0.5) is 5.95 Å². The van der Waals surface area contributed by atoms with Gasteiger partial charge in [0, 0.05) is 18.5 Å². The number of nitrogens with zero attached hydrogens (tertiary/aromatic N) is 6. The number of nitrogens with two attached hydrogens (primary N) is 1. The molecule has 21 heavy (non-hydrogen) atoms. The van der Waals surface area contributed by atoms with E-state index in [0.717, 1.165) is 0 Å². The van der Waals surface area contributed by atoms with Crippen molar-refractivity contribution < 1.29 is 4.42 Å². The molecule has 4 heterocycles. The number of hydrogen-bond acceptors (Lipinski definition) is 7. The third kappa shape index (κ3) is 1.89. The summed E-state index contributed by atoms with van der Waals surface area (Å²) in [6, 6.07) is 5.38. The molecule has 0 unspecified atom stereocenters. The van der Waals surface area contributed by atoms with Gasteiger partial charge >= 0.3 is 0 Å². The maximum absolute atomic E-state index is 5.93. The second-order valence-electron chi connectivity index (χ2n) is 4.27. The fourth-order valence-corrected chi connectivity index (χ4v) is 1.98. The van der Waals surface area contributed by atoms with Crippen LogP contribution < -0.4 is 5.73 Å². The molecule has 8 nitrogen and oxygen atoms in total. The van der Waals surface area contributed by atoms with E-state index >= 15 is 0 Å². The first kappa shape index (κ1) is 11.5. The largest absolute Gasteiger partial charge is 0.463 e. The van der Waals surface area contributed by atoms with Gasteiger partial charge in [0.25, 0.3) is 0 Å². The van der Waals surface area contributed by atoms with Crippen LogP contribution in [0.25, 0.3) is 28.6 Å². The van der Waals surface area contributed by atoms with E-state index in [1.54, 1.807) is 37.0 Å². The Balaban J connectivity index is 1.90. The molecule has 0 radical (unpaired) electrons. The molecule has 0 amide bonds. The summed E-state index contributed by atoms with van der Waals surface area (Å²) in [4.78, 5) is 16.8. The van der Waals surface area contributed by atoms with Gasteiger partial charge in [-0.1, -0.05) is 0 Å². The van der Waals surface area contributed by atoms with Crippen molar-refractivity contribution in [2.45, 2.75) is 0 Å². The second kappa shape index (κ2) is 4.37. The second-order valence-corrected chi connectivity index (χ2v) is 4.27. The first-order valence-corrected chi connectivity index (χ1v) is 6.15. The smallest absolute Gasteiger partial charge is 0.225 e. The molecule has 0 fully saturated rings. The quantitative estimate of drug-likeness (QED) is 0.591. The van der Waals surface area contributed by atoms with Crippen LogP contribution in [-0.2, 0) is 0 Å². The summed E-state index contributed by atoms with van der Waals surface area (Å²) in [7, 11) is 0.